The summed E-state index contributed by atoms with van der Waals surface area (Å²) in [7, 11) is -2.40. The largest absolute Gasteiger partial charge is 0.495 e. The maximum atomic E-state index is 13.5. The van der Waals surface area contributed by atoms with E-state index in [1.807, 2.05) is 0 Å². The molecule has 4 nitrogen and oxygen atoms in total. The Kier molecular flexibility index (Phi) is 5.33. The van der Waals surface area contributed by atoms with E-state index in [1.54, 1.807) is 19.1 Å². The highest BCUT2D eigenvalue weighted by Gasteiger charge is 2.19. The molecule has 0 aliphatic heterocycles. The molecule has 7 heteroatoms. The van der Waals surface area contributed by atoms with Gasteiger partial charge in [-0.15, -0.1) is 0 Å². The lowest BCUT2D eigenvalue weighted by molar-refractivity contribution is 0.402. The number of aryl methyl sites for hydroxylation is 1. The summed E-state index contributed by atoms with van der Waals surface area (Å²) in [6, 6.07) is 8.02. The third kappa shape index (κ3) is 4.27. The fourth-order valence-corrected chi connectivity index (χ4v) is 3.40. The number of sulfonamides is 1. The first-order valence-corrected chi connectivity index (χ1v) is 8.40. The average Bonchev–Trinajstić information content (AvgIpc) is 2.49. The van der Waals surface area contributed by atoms with E-state index in [9.17, 15) is 17.2 Å². The monoisotopic (exact) mass is 341 g/mol. The van der Waals surface area contributed by atoms with Crippen LogP contribution in [0.15, 0.2) is 41.3 Å². The molecule has 2 rings (SSSR count). The predicted molar refractivity (Wildman–Crippen MR) is 83.0 cm³/mol. The van der Waals surface area contributed by atoms with Crippen LogP contribution in [-0.2, 0) is 16.4 Å². The van der Waals surface area contributed by atoms with E-state index >= 15 is 0 Å². The summed E-state index contributed by atoms with van der Waals surface area (Å²) in [6.07, 6.45) is 0.111. The summed E-state index contributed by atoms with van der Waals surface area (Å²) in [6.45, 7) is 1.76. The van der Waals surface area contributed by atoms with Gasteiger partial charge in [0.15, 0.2) is 0 Å². The molecular weight excluding hydrogens is 324 g/mol. The van der Waals surface area contributed by atoms with Gasteiger partial charge < -0.3 is 4.74 Å². The van der Waals surface area contributed by atoms with Gasteiger partial charge in [0.05, 0.1) is 7.11 Å². The Hall–Kier alpha value is -1.99. The van der Waals surface area contributed by atoms with Crippen molar-refractivity contribution in [3.63, 3.8) is 0 Å². The Morgan fingerprint density at radius 1 is 1.13 bits per heavy atom. The van der Waals surface area contributed by atoms with Gasteiger partial charge in [-0.25, -0.2) is 21.9 Å². The van der Waals surface area contributed by atoms with Gasteiger partial charge in [-0.1, -0.05) is 12.1 Å². The minimum atomic E-state index is -3.79. The average molecular weight is 341 g/mol. The summed E-state index contributed by atoms with van der Waals surface area (Å²) < 4.78 is 58.5. The molecule has 0 atom stereocenters. The van der Waals surface area contributed by atoms with Crippen LogP contribution < -0.4 is 9.46 Å². The van der Waals surface area contributed by atoms with Gasteiger partial charge in [0.2, 0.25) is 10.0 Å². The smallest absolute Gasteiger partial charge is 0.244 e. The molecule has 2 aromatic carbocycles. The first-order chi connectivity index (χ1) is 10.8. The van der Waals surface area contributed by atoms with Gasteiger partial charge in [0.25, 0.3) is 0 Å². The van der Waals surface area contributed by atoms with Crippen LogP contribution in [0.2, 0.25) is 0 Å². The van der Waals surface area contributed by atoms with Crippen molar-refractivity contribution in [1.29, 1.82) is 0 Å². The molecule has 0 spiro atoms. The number of halogens is 2. The fourth-order valence-electron chi connectivity index (χ4n) is 2.12. The van der Waals surface area contributed by atoms with E-state index in [0.29, 0.717) is 0 Å². The van der Waals surface area contributed by atoms with Crippen molar-refractivity contribution in [3.8, 4) is 5.75 Å². The second kappa shape index (κ2) is 7.06. The highest BCUT2D eigenvalue weighted by Crippen LogP contribution is 2.24. The Bertz CT molecular complexity index is 807. The van der Waals surface area contributed by atoms with Crippen molar-refractivity contribution in [2.24, 2.45) is 0 Å². The number of benzene rings is 2. The van der Waals surface area contributed by atoms with Crippen LogP contribution >= 0.6 is 0 Å². The van der Waals surface area contributed by atoms with Crippen LogP contribution in [0.4, 0.5) is 8.78 Å². The molecule has 0 unspecified atom stereocenters. The molecule has 0 aliphatic carbocycles. The SMILES string of the molecule is COc1ccc(C)cc1S(=O)(=O)NCCc1ccc(F)cc1F. The lowest BCUT2D eigenvalue weighted by atomic mass is 10.1. The third-order valence-electron chi connectivity index (χ3n) is 3.31. The highest BCUT2D eigenvalue weighted by atomic mass is 32.2. The predicted octanol–water partition coefficient (Wildman–Crippen LogP) is 2.80. The maximum Gasteiger partial charge on any atom is 0.244 e. The topological polar surface area (TPSA) is 55.4 Å². The van der Waals surface area contributed by atoms with Gasteiger partial charge in [0, 0.05) is 12.6 Å². The van der Waals surface area contributed by atoms with Crippen molar-refractivity contribution in [2.45, 2.75) is 18.2 Å². The lowest BCUT2D eigenvalue weighted by Crippen LogP contribution is -2.26. The van der Waals surface area contributed by atoms with Gasteiger partial charge in [-0.3, -0.25) is 0 Å². The van der Waals surface area contributed by atoms with Crippen LogP contribution in [0.5, 0.6) is 5.75 Å². The van der Waals surface area contributed by atoms with Crippen molar-refractivity contribution >= 4 is 10.0 Å². The van der Waals surface area contributed by atoms with Crippen molar-refractivity contribution in [2.75, 3.05) is 13.7 Å². The van der Waals surface area contributed by atoms with Gasteiger partial charge in [-0.2, -0.15) is 0 Å². The molecule has 0 bridgehead atoms. The van der Waals surface area contributed by atoms with E-state index in [2.05, 4.69) is 4.72 Å². The van der Waals surface area contributed by atoms with Crippen molar-refractivity contribution < 1.29 is 21.9 Å². The molecule has 0 fully saturated rings. The Morgan fingerprint density at radius 2 is 1.87 bits per heavy atom. The summed E-state index contributed by atoms with van der Waals surface area (Å²) in [5.74, 6) is -1.13. The van der Waals surface area contributed by atoms with E-state index in [1.165, 1.54) is 19.2 Å². The zero-order chi connectivity index (χ0) is 17.0. The van der Waals surface area contributed by atoms with Gasteiger partial charge in [0.1, 0.15) is 22.3 Å². The molecule has 23 heavy (non-hydrogen) atoms. The highest BCUT2D eigenvalue weighted by molar-refractivity contribution is 7.89. The second-order valence-electron chi connectivity index (χ2n) is 5.04. The fraction of sp³-hybridized carbons (Fsp3) is 0.250. The molecular formula is C16H17F2NO3S. The molecule has 0 saturated carbocycles. The minimum absolute atomic E-state index is 0.0119. The van der Waals surface area contributed by atoms with Crippen LogP contribution in [-0.4, -0.2) is 22.1 Å². The molecule has 0 heterocycles. The lowest BCUT2D eigenvalue weighted by Gasteiger charge is -2.11. The summed E-state index contributed by atoms with van der Waals surface area (Å²) >= 11 is 0. The van der Waals surface area contributed by atoms with Crippen LogP contribution in [0, 0.1) is 18.6 Å². The zero-order valence-electron chi connectivity index (χ0n) is 12.8. The molecule has 0 aliphatic rings. The van der Waals surface area contributed by atoms with Crippen LogP contribution in [0.3, 0.4) is 0 Å². The van der Waals surface area contributed by atoms with Crippen LogP contribution in [0.1, 0.15) is 11.1 Å². The number of methoxy groups -OCH3 is 1. The Labute approximate surface area is 134 Å². The molecule has 1 N–H and O–H groups in total. The summed E-state index contributed by atoms with van der Waals surface area (Å²) in [5.41, 5.74) is 1.01. The van der Waals surface area contributed by atoms with E-state index in [-0.39, 0.29) is 29.2 Å². The van der Waals surface area contributed by atoms with Crippen molar-refractivity contribution in [1.82, 2.24) is 4.72 Å². The second-order valence-corrected chi connectivity index (χ2v) is 6.77. The third-order valence-corrected chi connectivity index (χ3v) is 4.79. The normalized spacial score (nSPS) is 11.5. The van der Waals surface area contributed by atoms with Gasteiger partial charge >= 0.3 is 0 Å². The molecule has 0 amide bonds. The van der Waals surface area contributed by atoms with Gasteiger partial charge in [-0.05, 0) is 42.7 Å². The molecule has 0 aromatic heterocycles. The molecule has 124 valence electrons. The summed E-state index contributed by atoms with van der Waals surface area (Å²) in [5, 5.41) is 0. The quantitative estimate of drug-likeness (QED) is 0.879. The number of hydrogen-bond donors (Lipinski definition) is 1. The van der Waals surface area contributed by atoms with Crippen LogP contribution in [0.25, 0.3) is 0 Å². The zero-order valence-corrected chi connectivity index (χ0v) is 13.6. The number of nitrogens with one attached hydrogen (secondary N) is 1. The summed E-state index contributed by atoms with van der Waals surface area (Å²) in [4.78, 5) is 0.0274. The maximum absolute atomic E-state index is 13.5. The van der Waals surface area contributed by atoms with E-state index in [4.69, 9.17) is 4.74 Å². The standard InChI is InChI=1S/C16H17F2NO3S/c1-11-3-6-15(22-2)16(9-11)23(20,21)19-8-7-12-4-5-13(17)10-14(12)18/h3-6,9-10,19H,7-8H2,1-2H3. The Balaban J connectivity index is 2.12. The molecule has 0 radical (unpaired) electrons. The minimum Gasteiger partial charge on any atom is -0.495 e. The molecule has 2 aromatic rings. The first kappa shape index (κ1) is 17.4. The van der Waals surface area contributed by atoms with Crippen molar-refractivity contribution in [3.05, 3.63) is 59.2 Å². The number of hydrogen-bond acceptors (Lipinski definition) is 3. The van der Waals surface area contributed by atoms with E-state index in [0.717, 1.165) is 17.7 Å². The number of ether oxygens (including phenoxy) is 1. The number of rotatable bonds is 6. The van der Waals surface area contributed by atoms with E-state index < -0.39 is 21.7 Å². The molecule has 0 saturated heterocycles. The Morgan fingerprint density at radius 3 is 2.52 bits per heavy atom. The first-order valence-electron chi connectivity index (χ1n) is 6.92.